The van der Waals surface area contributed by atoms with Crippen LogP contribution in [-0.2, 0) is 28.7 Å². The van der Waals surface area contributed by atoms with Crippen molar-refractivity contribution in [1.29, 1.82) is 0 Å². The number of carboxylic acid groups (broad SMARTS) is 1. The number of carboxylic acids is 1. The molecule has 1 atom stereocenters. The van der Waals surface area contributed by atoms with Crippen LogP contribution in [0.15, 0.2) is 12.4 Å². The van der Waals surface area contributed by atoms with Gasteiger partial charge in [0.05, 0.1) is 5.92 Å². The molecule has 1 rings (SSSR count). The zero-order valence-electron chi connectivity index (χ0n) is 10.0. The van der Waals surface area contributed by atoms with Gasteiger partial charge >= 0.3 is 16.4 Å². The standard InChI is InChI=1S/C9H14N2O2.H2O4S/c1-7(9(12)13)3-4-8-10-5-6-11(8)2;1-5(2,3)4/h5-7H,3-4H2,1-2H3,(H,12,13);(H2,1,2,3,4). The number of aryl methyl sites for hydroxylation is 2. The van der Waals surface area contributed by atoms with Crippen molar-refractivity contribution in [2.24, 2.45) is 13.0 Å². The topological polar surface area (TPSA) is 130 Å². The molecule has 0 aromatic carbocycles. The highest BCUT2D eigenvalue weighted by molar-refractivity contribution is 7.79. The monoisotopic (exact) mass is 280 g/mol. The van der Waals surface area contributed by atoms with Crippen molar-refractivity contribution >= 4 is 16.4 Å². The van der Waals surface area contributed by atoms with Gasteiger partial charge in [0.2, 0.25) is 0 Å². The van der Waals surface area contributed by atoms with Gasteiger partial charge in [0, 0.05) is 25.9 Å². The zero-order valence-corrected chi connectivity index (χ0v) is 10.8. The molecule has 1 unspecified atom stereocenters. The van der Waals surface area contributed by atoms with Crippen LogP contribution in [0.4, 0.5) is 0 Å². The van der Waals surface area contributed by atoms with Gasteiger partial charge in [0.15, 0.2) is 0 Å². The second-order valence-corrected chi connectivity index (χ2v) is 4.58. The zero-order chi connectivity index (χ0) is 14.3. The van der Waals surface area contributed by atoms with Crippen LogP contribution in [0.1, 0.15) is 19.2 Å². The van der Waals surface area contributed by atoms with Gasteiger partial charge in [-0.05, 0) is 6.42 Å². The minimum absolute atomic E-state index is 0.295. The molecule has 0 spiro atoms. The number of aliphatic carboxylic acids is 1. The Morgan fingerprint density at radius 3 is 2.33 bits per heavy atom. The highest BCUT2D eigenvalue weighted by atomic mass is 32.3. The maximum atomic E-state index is 10.5. The SMILES string of the molecule is CC(CCc1nccn1C)C(=O)O.O=S(=O)(O)O. The Morgan fingerprint density at radius 1 is 1.50 bits per heavy atom. The van der Waals surface area contributed by atoms with E-state index in [0.29, 0.717) is 6.42 Å². The van der Waals surface area contributed by atoms with Crippen LogP contribution in [0.3, 0.4) is 0 Å². The molecule has 0 aliphatic rings. The maximum Gasteiger partial charge on any atom is 0.394 e. The predicted molar refractivity (Wildman–Crippen MR) is 62.5 cm³/mol. The van der Waals surface area contributed by atoms with Crippen LogP contribution < -0.4 is 0 Å². The van der Waals surface area contributed by atoms with Crippen molar-refractivity contribution < 1.29 is 27.4 Å². The molecule has 0 saturated heterocycles. The summed E-state index contributed by atoms with van der Waals surface area (Å²) in [5, 5.41) is 8.65. The van der Waals surface area contributed by atoms with Gasteiger partial charge in [-0.15, -0.1) is 0 Å². The highest BCUT2D eigenvalue weighted by Gasteiger charge is 2.11. The summed E-state index contributed by atoms with van der Waals surface area (Å²) in [6.45, 7) is 1.71. The Bertz CT molecular complexity index is 473. The molecule has 0 radical (unpaired) electrons. The first-order valence-corrected chi connectivity index (χ1v) is 6.40. The van der Waals surface area contributed by atoms with E-state index in [-0.39, 0.29) is 5.92 Å². The third-order valence-electron chi connectivity index (χ3n) is 2.14. The molecule has 0 aliphatic carbocycles. The normalized spacial score (nSPS) is 12.4. The predicted octanol–water partition coefficient (Wildman–Crippen LogP) is 0.421. The Hall–Kier alpha value is -1.45. The van der Waals surface area contributed by atoms with Gasteiger partial charge < -0.3 is 9.67 Å². The fraction of sp³-hybridized carbons (Fsp3) is 0.556. The van der Waals surface area contributed by atoms with Crippen LogP contribution in [0.2, 0.25) is 0 Å². The second-order valence-electron chi connectivity index (χ2n) is 3.68. The summed E-state index contributed by atoms with van der Waals surface area (Å²) in [6.07, 6.45) is 4.94. The minimum Gasteiger partial charge on any atom is -0.481 e. The minimum atomic E-state index is -4.67. The molecule has 104 valence electrons. The number of nitrogens with zero attached hydrogens (tertiary/aromatic N) is 2. The summed E-state index contributed by atoms with van der Waals surface area (Å²) in [6, 6.07) is 0. The van der Waals surface area contributed by atoms with Crippen molar-refractivity contribution in [3.8, 4) is 0 Å². The van der Waals surface area contributed by atoms with Crippen molar-refractivity contribution in [3.63, 3.8) is 0 Å². The molecular weight excluding hydrogens is 264 g/mol. The second kappa shape index (κ2) is 7.09. The lowest BCUT2D eigenvalue weighted by Crippen LogP contribution is -2.11. The average Bonchev–Trinajstić information content (AvgIpc) is 2.57. The summed E-state index contributed by atoms with van der Waals surface area (Å²) < 4.78 is 33.5. The van der Waals surface area contributed by atoms with E-state index < -0.39 is 16.4 Å². The third-order valence-corrected chi connectivity index (χ3v) is 2.14. The number of imidazole rings is 1. The summed E-state index contributed by atoms with van der Waals surface area (Å²) in [4.78, 5) is 14.6. The Balaban J connectivity index is 0.000000494. The van der Waals surface area contributed by atoms with Crippen molar-refractivity contribution in [2.75, 3.05) is 0 Å². The van der Waals surface area contributed by atoms with Crippen LogP contribution in [-0.4, -0.2) is 38.2 Å². The fourth-order valence-electron chi connectivity index (χ4n) is 1.11. The van der Waals surface area contributed by atoms with Gasteiger partial charge in [-0.25, -0.2) is 4.98 Å². The average molecular weight is 280 g/mol. The van der Waals surface area contributed by atoms with E-state index in [4.69, 9.17) is 22.6 Å². The summed E-state index contributed by atoms with van der Waals surface area (Å²) in [7, 11) is -2.76. The molecule has 0 saturated carbocycles. The van der Waals surface area contributed by atoms with E-state index in [0.717, 1.165) is 12.2 Å². The van der Waals surface area contributed by atoms with Gasteiger partial charge in [-0.3, -0.25) is 13.9 Å². The lowest BCUT2D eigenvalue weighted by Gasteiger charge is -2.05. The summed E-state index contributed by atoms with van der Waals surface area (Å²) in [5.41, 5.74) is 0. The van der Waals surface area contributed by atoms with Crippen LogP contribution in [0, 0.1) is 5.92 Å². The van der Waals surface area contributed by atoms with Crippen molar-refractivity contribution in [2.45, 2.75) is 19.8 Å². The van der Waals surface area contributed by atoms with E-state index >= 15 is 0 Å². The largest absolute Gasteiger partial charge is 0.481 e. The first-order chi connectivity index (χ1) is 8.11. The number of carbonyl (C=O) groups is 1. The Labute approximate surface area is 105 Å². The van der Waals surface area contributed by atoms with Gasteiger partial charge in [0.1, 0.15) is 5.82 Å². The smallest absolute Gasteiger partial charge is 0.394 e. The molecule has 9 heteroatoms. The number of aromatic nitrogens is 2. The third kappa shape index (κ3) is 8.67. The van der Waals surface area contributed by atoms with Crippen molar-refractivity contribution in [1.82, 2.24) is 9.55 Å². The first-order valence-electron chi connectivity index (χ1n) is 5.00. The van der Waals surface area contributed by atoms with E-state index in [1.807, 2.05) is 17.8 Å². The number of hydrogen-bond acceptors (Lipinski definition) is 4. The first kappa shape index (κ1) is 16.6. The molecular formula is C9H16N2O6S. The van der Waals surface area contributed by atoms with E-state index in [9.17, 15) is 4.79 Å². The van der Waals surface area contributed by atoms with E-state index in [1.54, 1.807) is 13.1 Å². The fourth-order valence-corrected chi connectivity index (χ4v) is 1.11. The molecule has 1 heterocycles. The summed E-state index contributed by atoms with van der Waals surface area (Å²) in [5.74, 6) is -0.0981. The Kier molecular flexibility index (Phi) is 6.52. The summed E-state index contributed by atoms with van der Waals surface area (Å²) >= 11 is 0. The molecule has 0 aliphatic heterocycles. The van der Waals surface area contributed by atoms with E-state index in [1.165, 1.54) is 0 Å². The molecule has 1 aromatic heterocycles. The molecule has 0 bridgehead atoms. The quantitative estimate of drug-likeness (QED) is 0.681. The van der Waals surface area contributed by atoms with E-state index in [2.05, 4.69) is 4.98 Å². The number of rotatable bonds is 4. The lowest BCUT2D eigenvalue weighted by molar-refractivity contribution is -0.141. The van der Waals surface area contributed by atoms with Crippen LogP contribution >= 0.6 is 0 Å². The maximum absolute atomic E-state index is 10.5. The highest BCUT2D eigenvalue weighted by Crippen LogP contribution is 2.07. The Morgan fingerprint density at radius 2 is 2.00 bits per heavy atom. The van der Waals surface area contributed by atoms with Crippen molar-refractivity contribution in [3.05, 3.63) is 18.2 Å². The lowest BCUT2D eigenvalue weighted by atomic mass is 10.1. The molecule has 1 aromatic rings. The molecule has 18 heavy (non-hydrogen) atoms. The molecule has 8 nitrogen and oxygen atoms in total. The molecule has 3 N–H and O–H groups in total. The number of hydrogen-bond donors (Lipinski definition) is 3. The van der Waals surface area contributed by atoms with Crippen LogP contribution in [0.25, 0.3) is 0 Å². The molecule has 0 fully saturated rings. The van der Waals surface area contributed by atoms with Gasteiger partial charge in [-0.2, -0.15) is 8.42 Å². The van der Waals surface area contributed by atoms with Gasteiger partial charge in [-0.1, -0.05) is 6.92 Å². The van der Waals surface area contributed by atoms with Gasteiger partial charge in [0.25, 0.3) is 0 Å². The van der Waals surface area contributed by atoms with Crippen LogP contribution in [0.5, 0.6) is 0 Å². The molecule has 0 amide bonds.